The van der Waals surface area contributed by atoms with Crippen LogP contribution in [0.3, 0.4) is 0 Å². The van der Waals surface area contributed by atoms with E-state index in [1.165, 1.54) is 19.3 Å². The molecule has 0 aromatic carbocycles. The van der Waals surface area contributed by atoms with E-state index >= 15 is 0 Å². The molecule has 0 aromatic heterocycles. The summed E-state index contributed by atoms with van der Waals surface area (Å²) >= 11 is 0. The van der Waals surface area contributed by atoms with Gasteiger partial charge in [-0.3, -0.25) is 37.3 Å². The summed E-state index contributed by atoms with van der Waals surface area (Å²) in [4.78, 5) is 73.1. The second kappa shape index (κ2) is 79.3. The fourth-order valence-electron chi connectivity index (χ4n) is 10.2. The van der Waals surface area contributed by atoms with Crippen LogP contribution in [0.4, 0.5) is 0 Å². The number of aliphatic hydroxyl groups excluding tert-OH is 1. The molecule has 612 valence electrons. The largest absolute Gasteiger partial charge is 0.472 e. The third kappa shape index (κ3) is 78.3. The molecule has 0 radical (unpaired) electrons. The number of allylic oxidation sites excluding steroid dienone is 30. The van der Waals surface area contributed by atoms with Crippen LogP contribution in [0.25, 0.3) is 0 Å². The predicted octanol–water partition coefficient (Wildman–Crippen LogP) is 24.3. The number of aliphatic hydroxyl groups is 1. The van der Waals surface area contributed by atoms with Gasteiger partial charge in [0.1, 0.15) is 19.3 Å². The van der Waals surface area contributed by atoms with Crippen molar-refractivity contribution in [3.8, 4) is 0 Å². The number of phosphoric ester groups is 2. The van der Waals surface area contributed by atoms with Gasteiger partial charge in [0.25, 0.3) is 0 Å². The van der Waals surface area contributed by atoms with Gasteiger partial charge in [-0.05, 0) is 167 Å². The van der Waals surface area contributed by atoms with Gasteiger partial charge in [-0.1, -0.05) is 287 Å². The summed E-state index contributed by atoms with van der Waals surface area (Å²) in [7, 11) is -10.0. The number of hydrogen-bond acceptors (Lipinski definition) is 15. The van der Waals surface area contributed by atoms with Crippen molar-refractivity contribution < 1.29 is 80.2 Å². The molecule has 5 atom stereocenters. The van der Waals surface area contributed by atoms with Gasteiger partial charge in [0, 0.05) is 25.7 Å². The highest BCUT2D eigenvalue weighted by molar-refractivity contribution is 7.47. The van der Waals surface area contributed by atoms with Crippen molar-refractivity contribution in [1.82, 2.24) is 0 Å². The van der Waals surface area contributed by atoms with Crippen LogP contribution in [0.2, 0.25) is 0 Å². The fraction of sp³-hybridized carbons (Fsp3) is 0.618. The van der Waals surface area contributed by atoms with Crippen LogP contribution in [0.5, 0.6) is 0 Å². The van der Waals surface area contributed by atoms with Crippen molar-refractivity contribution in [3.63, 3.8) is 0 Å². The maximum atomic E-state index is 13.1. The highest BCUT2D eigenvalue weighted by Gasteiger charge is 2.30. The van der Waals surface area contributed by atoms with Crippen LogP contribution in [-0.4, -0.2) is 96.7 Å². The topological polar surface area (TPSA) is 237 Å². The van der Waals surface area contributed by atoms with Gasteiger partial charge >= 0.3 is 39.5 Å². The second-order valence-electron chi connectivity index (χ2n) is 26.6. The smallest absolute Gasteiger partial charge is 0.462 e. The van der Waals surface area contributed by atoms with Crippen LogP contribution >= 0.6 is 15.6 Å². The van der Waals surface area contributed by atoms with E-state index in [0.717, 1.165) is 193 Å². The maximum Gasteiger partial charge on any atom is 0.472 e. The van der Waals surface area contributed by atoms with Crippen molar-refractivity contribution in [2.24, 2.45) is 0 Å². The molecule has 0 aromatic rings. The van der Waals surface area contributed by atoms with Crippen molar-refractivity contribution in [2.75, 3.05) is 39.6 Å². The van der Waals surface area contributed by atoms with Crippen LogP contribution in [-0.2, 0) is 65.4 Å². The normalized spacial score (nSPS) is 14.8. The molecule has 5 unspecified atom stereocenters. The lowest BCUT2D eigenvalue weighted by Gasteiger charge is -2.21. The number of carbonyl (C=O) groups is 4. The van der Waals surface area contributed by atoms with Gasteiger partial charge < -0.3 is 33.8 Å². The van der Waals surface area contributed by atoms with Crippen molar-refractivity contribution >= 4 is 39.5 Å². The Bertz CT molecular complexity index is 2760. The first-order chi connectivity index (χ1) is 52.7. The molecule has 0 fully saturated rings. The molecule has 108 heavy (non-hydrogen) atoms. The standard InChI is InChI=1S/C89H144O17P2/c1-5-9-13-17-21-25-29-33-37-39-41-43-47-49-53-57-61-65-69-73-86(91)99-79-84(105-88(93)75-71-67-63-59-55-51-45-35-31-27-23-19-15-11-7-3)81-103-107(95,96)101-77-83(90)78-102-108(97,98)104-82-85(106-89(94)76-72-68-64-60-56-52-46-36-32-28-24-20-16-12-8-4)80-100-87(92)74-70-66-62-58-54-50-48-44-42-40-38-34-30-26-22-18-14-10-6-2/h9,11-13,15-16,21-28,33-38,41-46,49,53,61,65,83-85,90H,5-8,10,14,17-20,29-32,39-40,47-48,50-52,54-60,62-64,66-82H2,1-4H3,(H,95,96)(H,97,98)/b13-9-,15-11-,16-12-,25-21-,26-22-,27-23-,28-24-,37-33-,38-34-,43-41-,44-42-,45-35-,46-36-,53-49-,65-61-. The molecule has 0 saturated carbocycles. The minimum absolute atomic E-state index is 0.0252. The molecule has 0 aliphatic heterocycles. The zero-order chi connectivity index (χ0) is 78.9. The van der Waals surface area contributed by atoms with E-state index in [1.54, 1.807) is 0 Å². The number of ether oxygens (including phenoxy) is 4. The van der Waals surface area contributed by atoms with Gasteiger partial charge in [-0.25, -0.2) is 9.13 Å². The Hall–Kier alpha value is -5.84. The summed E-state index contributed by atoms with van der Waals surface area (Å²) in [5.74, 6) is -2.34. The maximum absolute atomic E-state index is 13.1. The molecule has 0 aliphatic rings. The molecular formula is C89H144O17P2. The van der Waals surface area contributed by atoms with Gasteiger partial charge in [-0.15, -0.1) is 0 Å². The summed E-state index contributed by atoms with van der Waals surface area (Å²) in [5, 5.41) is 10.7. The van der Waals surface area contributed by atoms with E-state index in [4.69, 9.17) is 37.0 Å². The first kappa shape index (κ1) is 102. The van der Waals surface area contributed by atoms with E-state index < -0.39 is 97.5 Å². The van der Waals surface area contributed by atoms with Crippen molar-refractivity contribution in [3.05, 3.63) is 182 Å². The molecule has 0 spiro atoms. The summed E-state index contributed by atoms with van der Waals surface area (Å²) < 4.78 is 68.6. The highest BCUT2D eigenvalue weighted by atomic mass is 31.2. The van der Waals surface area contributed by atoms with Crippen LogP contribution in [0.15, 0.2) is 182 Å². The lowest BCUT2D eigenvalue weighted by atomic mass is 10.1. The lowest BCUT2D eigenvalue weighted by molar-refractivity contribution is -0.161. The van der Waals surface area contributed by atoms with Crippen molar-refractivity contribution in [1.29, 1.82) is 0 Å². The molecule has 17 nitrogen and oxygen atoms in total. The molecule has 0 aliphatic carbocycles. The summed E-state index contributed by atoms with van der Waals surface area (Å²) in [6.07, 6.45) is 95.9. The van der Waals surface area contributed by atoms with Gasteiger partial charge in [0.05, 0.1) is 26.4 Å². The molecule has 0 saturated heterocycles. The minimum atomic E-state index is -5.01. The van der Waals surface area contributed by atoms with Gasteiger partial charge in [0.15, 0.2) is 12.2 Å². The third-order valence-electron chi connectivity index (χ3n) is 16.4. The van der Waals surface area contributed by atoms with Crippen LogP contribution in [0.1, 0.15) is 297 Å². The number of esters is 4. The lowest BCUT2D eigenvalue weighted by Crippen LogP contribution is -2.30. The Morgan fingerprint density at radius 2 is 0.500 bits per heavy atom. The minimum Gasteiger partial charge on any atom is -0.462 e. The summed E-state index contributed by atoms with van der Waals surface area (Å²) in [5.41, 5.74) is 0. The Morgan fingerprint density at radius 3 is 0.796 bits per heavy atom. The highest BCUT2D eigenvalue weighted by Crippen LogP contribution is 2.45. The Balaban J connectivity index is 5.48. The predicted molar refractivity (Wildman–Crippen MR) is 445 cm³/mol. The quantitative estimate of drug-likeness (QED) is 0.0169. The fourth-order valence-corrected chi connectivity index (χ4v) is 11.8. The molecule has 0 bridgehead atoms. The Kier molecular flexibility index (Phi) is 75.0. The number of unbranched alkanes of at least 4 members (excludes halogenated alkanes) is 19. The first-order valence-electron chi connectivity index (χ1n) is 41.0. The second-order valence-corrected chi connectivity index (χ2v) is 29.5. The third-order valence-corrected chi connectivity index (χ3v) is 18.3. The van der Waals surface area contributed by atoms with E-state index in [1.807, 2.05) is 18.2 Å². The number of carbonyl (C=O) groups excluding carboxylic acids is 4. The molecule has 0 heterocycles. The first-order valence-corrected chi connectivity index (χ1v) is 44.0. The van der Waals surface area contributed by atoms with Crippen LogP contribution < -0.4 is 0 Å². The number of rotatable bonds is 75. The molecule has 3 N–H and O–H groups in total. The van der Waals surface area contributed by atoms with E-state index in [0.29, 0.717) is 32.1 Å². The van der Waals surface area contributed by atoms with Crippen molar-refractivity contribution in [2.45, 2.75) is 316 Å². The monoisotopic (exact) mass is 1550 g/mol. The SMILES string of the molecule is CC/C=C\C/C=C\C/C=C\C/C=C\C/C=C\C/C=C\CCC(=O)OCC(COP(=O)(O)OCC(O)COP(=O)(O)OCC(COC(=O)CCCCCCCC/C=C\C/C=C\C/C=C\CCCCC)OC(=O)CCCCCCC/C=C\C/C=C\C/C=C\CC)OC(=O)CCCCCCC/C=C\C/C=C\C/C=C\CC. The molecular weight excluding hydrogens is 1400 g/mol. The molecule has 0 amide bonds. The zero-order valence-electron chi connectivity index (χ0n) is 66.9. The van der Waals surface area contributed by atoms with Gasteiger partial charge in [-0.2, -0.15) is 0 Å². The Labute approximate surface area is 654 Å². The van der Waals surface area contributed by atoms with E-state index in [-0.39, 0.29) is 25.7 Å². The summed E-state index contributed by atoms with van der Waals surface area (Å²) in [6, 6.07) is 0. The van der Waals surface area contributed by atoms with E-state index in [2.05, 4.69) is 192 Å². The molecule has 0 rings (SSSR count). The average Bonchev–Trinajstić information content (AvgIpc) is 0.923. The zero-order valence-corrected chi connectivity index (χ0v) is 68.7. The number of phosphoric acid groups is 2. The van der Waals surface area contributed by atoms with Gasteiger partial charge in [0.2, 0.25) is 0 Å². The van der Waals surface area contributed by atoms with Crippen LogP contribution in [0, 0.1) is 0 Å². The summed E-state index contributed by atoms with van der Waals surface area (Å²) in [6.45, 7) is 4.36. The number of hydrogen-bond donors (Lipinski definition) is 3. The average molecular weight is 1550 g/mol. The van der Waals surface area contributed by atoms with E-state index in [9.17, 15) is 43.2 Å². The Morgan fingerprint density at radius 1 is 0.269 bits per heavy atom. The molecule has 19 heteroatoms.